The van der Waals surface area contributed by atoms with Crippen LogP contribution in [0.2, 0.25) is 0 Å². The maximum Gasteiger partial charge on any atom is 0.174 e. The normalized spacial score (nSPS) is 27.7. The zero-order valence-electron chi connectivity index (χ0n) is 10.7. The van der Waals surface area contributed by atoms with Crippen LogP contribution in [-0.2, 0) is 6.42 Å². The van der Waals surface area contributed by atoms with E-state index in [4.69, 9.17) is 4.42 Å². The number of ketones is 1. The summed E-state index contributed by atoms with van der Waals surface area (Å²) < 4.78 is 5.48. The van der Waals surface area contributed by atoms with Crippen molar-refractivity contribution in [1.82, 2.24) is 0 Å². The molecule has 0 saturated heterocycles. The summed E-state index contributed by atoms with van der Waals surface area (Å²) in [5.74, 6) is 0.712. The first kappa shape index (κ1) is 11.9. The maximum absolute atomic E-state index is 12.5. The second-order valence-corrected chi connectivity index (χ2v) is 5.25. The van der Waals surface area contributed by atoms with Crippen LogP contribution in [0.5, 0.6) is 0 Å². The monoisotopic (exact) mass is 230 g/mol. The van der Waals surface area contributed by atoms with Crippen LogP contribution in [0.1, 0.15) is 35.5 Å². The highest BCUT2D eigenvalue weighted by Gasteiger charge is 2.45. The number of furan rings is 1. The lowest BCUT2D eigenvalue weighted by Gasteiger charge is -2.37. The van der Waals surface area contributed by atoms with Gasteiger partial charge < -0.3 is 4.42 Å². The summed E-state index contributed by atoms with van der Waals surface area (Å²) in [7, 11) is 0. The highest BCUT2D eigenvalue weighted by molar-refractivity contribution is 6.03. The van der Waals surface area contributed by atoms with Crippen molar-refractivity contribution in [2.75, 3.05) is 0 Å². The van der Waals surface area contributed by atoms with E-state index < -0.39 is 0 Å². The third-order valence-electron chi connectivity index (χ3n) is 3.72. The highest BCUT2D eigenvalue weighted by atomic mass is 16.3. The lowest BCUT2D eigenvalue weighted by Crippen LogP contribution is -2.39. The topological polar surface area (TPSA) is 30.2 Å². The van der Waals surface area contributed by atoms with E-state index in [2.05, 4.69) is 13.2 Å². The molecule has 0 N–H and O–H groups in total. The molecule has 2 heteroatoms. The molecule has 0 spiro atoms. The fourth-order valence-electron chi connectivity index (χ4n) is 2.83. The van der Waals surface area contributed by atoms with Crippen molar-refractivity contribution in [3.05, 3.63) is 48.0 Å². The quantitative estimate of drug-likeness (QED) is 0.725. The predicted octanol–water partition coefficient (Wildman–Crippen LogP) is 3.71. The molecular formula is C15H18O2. The fourth-order valence-corrected chi connectivity index (χ4v) is 2.83. The molecule has 1 aliphatic carbocycles. The van der Waals surface area contributed by atoms with Gasteiger partial charge in [-0.3, -0.25) is 4.79 Å². The number of hydrogen-bond donors (Lipinski definition) is 0. The average molecular weight is 230 g/mol. The molecule has 0 saturated carbocycles. The van der Waals surface area contributed by atoms with Crippen LogP contribution in [0, 0.1) is 18.3 Å². The van der Waals surface area contributed by atoms with Gasteiger partial charge in [-0.25, -0.2) is 0 Å². The van der Waals surface area contributed by atoms with Crippen LogP contribution < -0.4 is 0 Å². The van der Waals surface area contributed by atoms with Gasteiger partial charge in [0.2, 0.25) is 0 Å². The minimum Gasteiger partial charge on any atom is -0.468 e. The van der Waals surface area contributed by atoms with Crippen LogP contribution in [0.15, 0.2) is 35.5 Å². The Hall–Kier alpha value is -1.57. The second kappa shape index (κ2) is 3.73. The summed E-state index contributed by atoms with van der Waals surface area (Å²) in [6.07, 6.45) is 4.22. The van der Waals surface area contributed by atoms with E-state index in [0.717, 1.165) is 22.5 Å². The first-order valence-electron chi connectivity index (χ1n) is 5.81. The van der Waals surface area contributed by atoms with Gasteiger partial charge >= 0.3 is 0 Å². The van der Waals surface area contributed by atoms with Crippen LogP contribution in [0.25, 0.3) is 0 Å². The van der Waals surface area contributed by atoms with E-state index in [1.54, 1.807) is 6.26 Å². The Morgan fingerprint density at radius 3 is 2.82 bits per heavy atom. The minimum atomic E-state index is -0.291. The Morgan fingerprint density at radius 2 is 2.29 bits per heavy atom. The van der Waals surface area contributed by atoms with Gasteiger partial charge in [-0.2, -0.15) is 0 Å². The van der Waals surface area contributed by atoms with Gasteiger partial charge in [-0.15, -0.1) is 6.58 Å². The Balaban J connectivity index is 2.62. The number of carbonyl (C=O) groups excluding carboxylic acids is 1. The number of allylic oxidation sites excluding steroid dienone is 2. The molecule has 1 unspecified atom stereocenters. The van der Waals surface area contributed by atoms with E-state index in [0.29, 0.717) is 6.42 Å². The van der Waals surface area contributed by atoms with E-state index in [9.17, 15) is 4.79 Å². The Labute approximate surface area is 102 Å². The number of rotatable bonds is 2. The number of carbonyl (C=O) groups is 1. The third-order valence-corrected chi connectivity index (χ3v) is 3.72. The minimum absolute atomic E-state index is 0.118. The summed E-state index contributed by atoms with van der Waals surface area (Å²) in [6, 6.07) is 0. The van der Waals surface area contributed by atoms with Crippen molar-refractivity contribution in [3.63, 3.8) is 0 Å². The molecule has 1 aromatic rings. The lowest BCUT2D eigenvalue weighted by atomic mass is 9.64. The molecule has 1 heterocycles. The Morgan fingerprint density at radius 1 is 1.65 bits per heavy atom. The molecule has 17 heavy (non-hydrogen) atoms. The largest absolute Gasteiger partial charge is 0.468 e. The molecule has 2 nitrogen and oxygen atoms in total. The summed E-state index contributed by atoms with van der Waals surface area (Å²) in [6.45, 7) is 13.7. The van der Waals surface area contributed by atoms with Crippen molar-refractivity contribution in [1.29, 1.82) is 0 Å². The zero-order chi connectivity index (χ0) is 12.8. The van der Waals surface area contributed by atoms with E-state index >= 15 is 0 Å². The number of Topliss-reactive ketones (excluding diaryl/α,β-unsaturated/α-hetero) is 1. The highest BCUT2D eigenvalue weighted by Crippen LogP contribution is 2.45. The molecule has 2 rings (SSSR count). The predicted molar refractivity (Wildman–Crippen MR) is 68.1 cm³/mol. The van der Waals surface area contributed by atoms with Gasteiger partial charge in [0.05, 0.1) is 17.7 Å². The molecule has 0 aromatic carbocycles. The number of aryl methyl sites for hydroxylation is 1. The fraction of sp³-hybridized carbons (Fsp3) is 0.400. The van der Waals surface area contributed by atoms with Crippen LogP contribution in [0.4, 0.5) is 0 Å². The van der Waals surface area contributed by atoms with Gasteiger partial charge in [-0.05, 0) is 19.4 Å². The second-order valence-electron chi connectivity index (χ2n) is 5.25. The molecular weight excluding hydrogens is 212 g/mol. The van der Waals surface area contributed by atoms with Crippen molar-refractivity contribution < 1.29 is 9.21 Å². The molecule has 1 aliphatic rings. The standard InChI is InChI=1S/C15H18O2/c1-6-15(5)7-11-12(10(4)8-17-11)14(16)13(15)9(2)3/h6,8,13H,1-2,7H2,3-5H3/t13?,15-/m0/s1. The lowest BCUT2D eigenvalue weighted by molar-refractivity contribution is 0.0833. The molecule has 90 valence electrons. The van der Waals surface area contributed by atoms with Crippen LogP contribution in [0.3, 0.4) is 0 Å². The smallest absolute Gasteiger partial charge is 0.174 e. The van der Waals surface area contributed by atoms with Gasteiger partial charge in [0, 0.05) is 11.8 Å². The average Bonchev–Trinajstić information content (AvgIpc) is 2.59. The van der Waals surface area contributed by atoms with Crippen molar-refractivity contribution in [2.45, 2.75) is 27.2 Å². The van der Waals surface area contributed by atoms with Crippen LogP contribution >= 0.6 is 0 Å². The third kappa shape index (κ3) is 1.59. The summed E-state index contributed by atoms with van der Waals surface area (Å²) >= 11 is 0. The molecule has 0 radical (unpaired) electrons. The molecule has 0 amide bonds. The van der Waals surface area contributed by atoms with Gasteiger partial charge in [-0.1, -0.05) is 25.2 Å². The van der Waals surface area contributed by atoms with E-state index in [1.807, 2.05) is 26.8 Å². The number of hydrogen-bond acceptors (Lipinski definition) is 2. The van der Waals surface area contributed by atoms with Gasteiger partial charge in [0.15, 0.2) is 5.78 Å². The van der Waals surface area contributed by atoms with Gasteiger partial charge in [0.25, 0.3) is 0 Å². The summed E-state index contributed by atoms with van der Waals surface area (Å²) in [5, 5.41) is 0. The van der Waals surface area contributed by atoms with Crippen molar-refractivity contribution >= 4 is 5.78 Å². The Bertz CT molecular complexity index is 507. The Kier molecular flexibility index (Phi) is 2.61. The molecule has 0 bridgehead atoms. The molecule has 0 aliphatic heterocycles. The van der Waals surface area contributed by atoms with Crippen LogP contribution in [-0.4, -0.2) is 5.78 Å². The first-order valence-corrected chi connectivity index (χ1v) is 5.81. The molecule has 0 fully saturated rings. The van der Waals surface area contributed by atoms with E-state index in [1.165, 1.54) is 0 Å². The molecule has 2 atom stereocenters. The summed E-state index contributed by atoms with van der Waals surface area (Å²) in [5.41, 5.74) is 2.27. The van der Waals surface area contributed by atoms with Crippen molar-refractivity contribution in [3.8, 4) is 0 Å². The molecule has 1 aromatic heterocycles. The van der Waals surface area contributed by atoms with Crippen molar-refractivity contribution in [2.24, 2.45) is 11.3 Å². The first-order chi connectivity index (χ1) is 7.90. The van der Waals surface area contributed by atoms with E-state index in [-0.39, 0.29) is 17.1 Å². The van der Waals surface area contributed by atoms with Gasteiger partial charge in [0.1, 0.15) is 5.76 Å². The summed E-state index contributed by atoms with van der Waals surface area (Å²) in [4.78, 5) is 12.5. The maximum atomic E-state index is 12.5. The number of fused-ring (bicyclic) bond motifs is 1. The SMILES string of the molecule is C=C[C@@]1(C)Cc2occ(C)c2C(=O)C1C(=C)C. The zero-order valence-corrected chi connectivity index (χ0v) is 10.7.